The van der Waals surface area contributed by atoms with Gasteiger partial charge in [-0.15, -0.1) is 0 Å². The molecular formula is C22H26FNO4. The largest absolute Gasteiger partial charge is 0.493 e. The van der Waals surface area contributed by atoms with Gasteiger partial charge in [0.2, 0.25) is 0 Å². The van der Waals surface area contributed by atoms with Crippen LogP contribution < -0.4 is 9.47 Å². The van der Waals surface area contributed by atoms with Gasteiger partial charge in [-0.3, -0.25) is 9.69 Å². The minimum atomic E-state index is -0.871. The fraction of sp³-hybridized carbons (Fsp3) is 0.318. The Morgan fingerprint density at radius 1 is 1.14 bits per heavy atom. The molecule has 2 aromatic carbocycles. The number of carbonyl (C=O) groups is 1. The van der Waals surface area contributed by atoms with Gasteiger partial charge in [0, 0.05) is 13.1 Å². The Bertz CT molecular complexity index is 805. The first kappa shape index (κ1) is 21.4. The van der Waals surface area contributed by atoms with E-state index in [-0.39, 0.29) is 5.82 Å². The van der Waals surface area contributed by atoms with Gasteiger partial charge in [-0.2, -0.15) is 0 Å². The molecule has 5 nitrogen and oxygen atoms in total. The Morgan fingerprint density at radius 2 is 1.82 bits per heavy atom. The molecule has 0 radical (unpaired) electrons. The molecule has 28 heavy (non-hydrogen) atoms. The summed E-state index contributed by atoms with van der Waals surface area (Å²) in [6.07, 6.45) is 4.30. The van der Waals surface area contributed by atoms with E-state index in [0.29, 0.717) is 31.0 Å². The molecule has 0 heterocycles. The first-order chi connectivity index (χ1) is 13.5. The van der Waals surface area contributed by atoms with E-state index in [0.717, 1.165) is 11.1 Å². The average Bonchev–Trinajstić information content (AvgIpc) is 2.69. The van der Waals surface area contributed by atoms with Crippen LogP contribution in [0.5, 0.6) is 11.5 Å². The maximum absolute atomic E-state index is 13.1. The van der Waals surface area contributed by atoms with Crippen LogP contribution in [0.2, 0.25) is 0 Å². The summed E-state index contributed by atoms with van der Waals surface area (Å²) in [5.74, 6) is 0.0948. The third-order valence-electron chi connectivity index (χ3n) is 4.47. The number of ether oxygens (including phenoxy) is 2. The number of carboxylic acids is 1. The molecule has 0 aliphatic heterocycles. The van der Waals surface area contributed by atoms with Crippen molar-refractivity contribution >= 4 is 12.0 Å². The molecule has 150 valence electrons. The van der Waals surface area contributed by atoms with Crippen molar-refractivity contribution in [1.82, 2.24) is 4.90 Å². The number of rotatable bonds is 10. The van der Waals surface area contributed by atoms with Gasteiger partial charge in [0.25, 0.3) is 0 Å². The van der Waals surface area contributed by atoms with Crippen LogP contribution in [0.25, 0.3) is 6.08 Å². The summed E-state index contributed by atoms with van der Waals surface area (Å²) in [6, 6.07) is 11.1. The normalized spacial score (nSPS) is 12.3. The van der Waals surface area contributed by atoms with Gasteiger partial charge in [0.05, 0.1) is 14.2 Å². The lowest BCUT2D eigenvalue weighted by Crippen LogP contribution is -2.40. The van der Waals surface area contributed by atoms with Crippen molar-refractivity contribution in [2.75, 3.05) is 20.8 Å². The summed E-state index contributed by atoms with van der Waals surface area (Å²) in [5, 5.41) is 9.55. The highest BCUT2D eigenvalue weighted by Gasteiger charge is 2.23. The number of hydrogen-bond donors (Lipinski definition) is 1. The van der Waals surface area contributed by atoms with E-state index in [2.05, 4.69) is 0 Å². The predicted molar refractivity (Wildman–Crippen MR) is 107 cm³/mol. The lowest BCUT2D eigenvalue weighted by molar-refractivity contribution is -0.143. The number of methoxy groups -OCH3 is 2. The Labute approximate surface area is 165 Å². The fourth-order valence-corrected chi connectivity index (χ4v) is 3.00. The molecule has 0 aliphatic rings. The minimum absolute atomic E-state index is 0.311. The molecule has 0 aliphatic carbocycles. The van der Waals surface area contributed by atoms with E-state index >= 15 is 0 Å². The topological polar surface area (TPSA) is 59.0 Å². The summed E-state index contributed by atoms with van der Waals surface area (Å²) in [5.41, 5.74) is 1.78. The van der Waals surface area contributed by atoms with E-state index in [1.807, 2.05) is 42.2 Å². The standard InChI is InChI=1S/C22H26FNO4/c1-4-19(22(25)26)24(15-17-7-10-18(23)11-8-17)13-5-6-16-9-12-20(27-2)21(14-16)28-3/h5-12,14,19H,4,13,15H2,1-3H3,(H,25,26). The smallest absolute Gasteiger partial charge is 0.320 e. The molecule has 6 heteroatoms. The Morgan fingerprint density at radius 3 is 2.39 bits per heavy atom. The summed E-state index contributed by atoms with van der Waals surface area (Å²) in [4.78, 5) is 13.5. The molecule has 0 aromatic heterocycles. The van der Waals surface area contributed by atoms with E-state index in [1.165, 1.54) is 12.1 Å². The van der Waals surface area contributed by atoms with E-state index in [1.54, 1.807) is 26.4 Å². The van der Waals surface area contributed by atoms with Crippen molar-refractivity contribution in [3.05, 3.63) is 65.5 Å². The van der Waals surface area contributed by atoms with Crippen molar-refractivity contribution in [2.45, 2.75) is 25.9 Å². The molecule has 0 fully saturated rings. The average molecular weight is 387 g/mol. The van der Waals surface area contributed by atoms with Gasteiger partial charge in [-0.1, -0.05) is 37.3 Å². The maximum Gasteiger partial charge on any atom is 0.320 e. The molecule has 0 amide bonds. The maximum atomic E-state index is 13.1. The quantitative estimate of drug-likeness (QED) is 0.661. The molecule has 1 atom stereocenters. The number of benzene rings is 2. The number of halogens is 1. The summed E-state index contributed by atoms with van der Waals surface area (Å²) in [6.45, 7) is 2.70. The predicted octanol–water partition coefficient (Wildman–Crippen LogP) is 4.22. The summed E-state index contributed by atoms with van der Waals surface area (Å²) >= 11 is 0. The lowest BCUT2D eigenvalue weighted by Gasteiger charge is -2.27. The highest BCUT2D eigenvalue weighted by Crippen LogP contribution is 2.28. The fourth-order valence-electron chi connectivity index (χ4n) is 3.00. The molecule has 0 saturated carbocycles. The molecule has 2 rings (SSSR count). The highest BCUT2D eigenvalue weighted by atomic mass is 19.1. The van der Waals surface area contributed by atoms with Crippen LogP contribution in [0.3, 0.4) is 0 Å². The third-order valence-corrected chi connectivity index (χ3v) is 4.47. The van der Waals surface area contributed by atoms with Crippen LogP contribution in [0.15, 0.2) is 48.5 Å². The number of nitrogens with zero attached hydrogens (tertiary/aromatic N) is 1. The van der Waals surface area contributed by atoms with Gasteiger partial charge in [0.15, 0.2) is 11.5 Å². The molecule has 0 saturated heterocycles. The van der Waals surface area contributed by atoms with Crippen molar-refractivity contribution in [2.24, 2.45) is 0 Å². The Hall–Kier alpha value is -2.86. The minimum Gasteiger partial charge on any atom is -0.493 e. The Balaban J connectivity index is 2.16. The highest BCUT2D eigenvalue weighted by molar-refractivity contribution is 5.73. The summed E-state index contributed by atoms with van der Waals surface area (Å²) in [7, 11) is 3.16. The monoisotopic (exact) mass is 387 g/mol. The van der Waals surface area contributed by atoms with E-state index in [4.69, 9.17) is 9.47 Å². The molecule has 1 unspecified atom stereocenters. The second-order valence-electron chi connectivity index (χ2n) is 6.33. The van der Waals surface area contributed by atoms with Crippen molar-refractivity contribution in [3.63, 3.8) is 0 Å². The first-order valence-electron chi connectivity index (χ1n) is 9.08. The summed E-state index contributed by atoms with van der Waals surface area (Å²) < 4.78 is 23.7. The van der Waals surface area contributed by atoms with Crippen LogP contribution in [-0.2, 0) is 11.3 Å². The first-order valence-corrected chi connectivity index (χ1v) is 9.08. The SMILES string of the molecule is CCC(C(=O)O)N(CC=Cc1ccc(OC)c(OC)c1)Cc1ccc(F)cc1. The zero-order chi connectivity index (χ0) is 20.5. The van der Waals surface area contributed by atoms with Crippen LogP contribution in [0, 0.1) is 5.82 Å². The van der Waals surface area contributed by atoms with Crippen LogP contribution in [0.1, 0.15) is 24.5 Å². The molecule has 1 N–H and O–H groups in total. The van der Waals surface area contributed by atoms with Gasteiger partial charge < -0.3 is 14.6 Å². The van der Waals surface area contributed by atoms with Gasteiger partial charge >= 0.3 is 5.97 Å². The van der Waals surface area contributed by atoms with Crippen LogP contribution in [0.4, 0.5) is 4.39 Å². The zero-order valence-corrected chi connectivity index (χ0v) is 16.4. The zero-order valence-electron chi connectivity index (χ0n) is 16.4. The number of carboxylic acid groups (broad SMARTS) is 1. The van der Waals surface area contributed by atoms with E-state index in [9.17, 15) is 14.3 Å². The van der Waals surface area contributed by atoms with Crippen LogP contribution >= 0.6 is 0 Å². The van der Waals surface area contributed by atoms with E-state index < -0.39 is 12.0 Å². The van der Waals surface area contributed by atoms with Crippen molar-refractivity contribution < 1.29 is 23.8 Å². The molecule has 2 aromatic rings. The van der Waals surface area contributed by atoms with Crippen molar-refractivity contribution in [1.29, 1.82) is 0 Å². The lowest BCUT2D eigenvalue weighted by atomic mass is 10.1. The van der Waals surface area contributed by atoms with Crippen LogP contribution in [-0.4, -0.2) is 42.8 Å². The van der Waals surface area contributed by atoms with Gasteiger partial charge in [0.1, 0.15) is 11.9 Å². The van der Waals surface area contributed by atoms with Gasteiger partial charge in [-0.25, -0.2) is 4.39 Å². The van der Waals surface area contributed by atoms with Crippen molar-refractivity contribution in [3.8, 4) is 11.5 Å². The Kier molecular flexibility index (Phi) is 8.02. The second kappa shape index (κ2) is 10.5. The number of hydrogen-bond acceptors (Lipinski definition) is 4. The molecule has 0 spiro atoms. The molecular weight excluding hydrogens is 361 g/mol. The second-order valence-corrected chi connectivity index (χ2v) is 6.33. The molecule has 0 bridgehead atoms. The number of aliphatic carboxylic acids is 1. The third kappa shape index (κ3) is 5.82. The van der Waals surface area contributed by atoms with Gasteiger partial charge in [-0.05, 0) is 41.8 Å².